The monoisotopic (exact) mass is 415 g/mol. The molecule has 0 radical (unpaired) electrons. The van der Waals surface area contributed by atoms with Crippen LogP contribution < -0.4 is 4.74 Å². The van der Waals surface area contributed by atoms with E-state index in [1.54, 1.807) is 30.3 Å². The number of nitrogens with zero attached hydrogens (tertiary/aromatic N) is 5. The summed E-state index contributed by atoms with van der Waals surface area (Å²) in [4.78, 5) is 19.0. The van der Waals surface area contributed by atoms with Gasteiger partial charge in [0.25, 0.3) is 0 Å². The summed E-state index contributed by atoms with van der Waals surface area (Å²) in [6.07, 6.45) is -2.78. The highest BCUT2D eigenvalue weighted by atomic mass is 19.4. The molecule has 2 aromatic carbocycles. The van der Waals surface area contributed by atoms with Crippen molar-refractivity contribution in [2.24, 2.45) is 0 Å². The van der Waals surface area contributed by atoms with Gasteiger partial charge in [-0.25, -0.2) is 9.97 Å². The molecule has 0 saturated carbocycles. The van der Waals surface area contributed by atoms with Crippen molar-refractivity contribution in [3.05, 3.63) is 65.1 Å². The highest BCUT2D eigenvalue weighted by molar-refractivity contribution is 5.97. The Morgan fingerprint density at radius 3 is 2.47 bits per heavy atom. The Balaban J connectivity index is 2.04. The van der Waals surface area contributed by atoms with Gasteiger partial charge in [-0.15, -0.1) is 13.2 Å². The summed E-state index contributed by atoms with van der Waals surface area (Å²) in [5.74, 6) is -0.0218. The largest absolute Gasteiger partial charge is 0.504 e. The number of nitro groups is 1. The second-order valence-electron chi connectivity index (χ2n) is 6.19. The molecule has 0 bridgehead atoms. The SMILES string of the molecule is COc1cc2ncnc(-c3cn(C(F)(F)F)nc3-c3ccccc3)c2cc1[N+](=O)[O-]. The molecular formula is C19H12F3N5O3. The molecule has 0 unspecified atom stereocenters. The number of nitro benzene ring substituents is 1. The van der Waals surface area contributed by atoms with Crippen LogP contribution in [0.3, 0.4) is 0 Å². The topological polar surface area (TPSA) is 96.0 Å². The summed E-state index contributed by atoms with van der Waals surface area (Å²) in [6, 6.07) is 10.8. The van der Waals surface area contributed by atoms with E-state index < -0.39 is 11.2 Å². The van der Waals surface area contributed by atoms with Crippen molar-refractivity contribution < 1.29 is 22.8 Å². The lowest BCUT2D eigenvalue weighted by Crippen LogP contribution is -2.17. The third-order valence-electron chi connectivity index (χ3n) is 4.41. The summed E-state index contributed by atoms with van der Waals surface area (Å²) >= 11 is 0. The van der Waals surface area contributed by atoms with E-state index in [4.69, 9.17) is 4.74 Å². The lowest BCUT2D eigenvalue weighted by molar-refractivity contribution is -0.385. The fraction of sp³-hybridized carbons (Fsp3) is 0.105. The molecule has 0 N–H and O–H groups in total. The first-order valence-corrected chi connectivity index (χ1v) is 8.49. The quantitative estimate of drug-likeness (QED) is 0.358. The number of hydrogen-bond acceptors (Lipinski definition) is 6. The molecule has 0 aliphatic rings. The highest BCUT2D eigenvalue weighted by Crippen LogP contribution is 2.39. The molecular weight excluding hydrogens is 403 g/mol. The number of hydrogen-bond donors (Lipinski definition) is 0. The lowest BCUT2D eigenvalue weighted by atomic mass is 10.0. The molecule has 0 aliphatic heterocycles. The van der Waals surface area contributed by atoms with Gasteiger partial charge >= 0.3 is 12.0 Å². The lowest BCUT2D eigenvalue weighted by Gasteiger charge is -2.08. The third kappa shape index (κ3) is 3.30. The zero-order valence-corrected chi connectivity index (χ0v) is 15.3. The number of ether oxygens (including phenoxy) is 1. The van der Waals surface area contributed by atoms with Crippen molar-refractivity contribution in [1.82, 2.24) is 19.7 Å². The predicted octanol–water partition coefficient (Wildman–Crippen LogP) is 4.55. The minimum absolute atomic E-state index is 0.0218. The molecule has 0 fully saturated rings. The Morgan fingerprint density at radius 2 is 1.83 bits per heavy atom. The van der Waals surface area contributed by atoms with Crippen molar-refractivity contribution in [2.45, 2.75) is 6.30 Å². The number of aromatic nitrogens is 4. The van der Waals surface area contributed by atoms with Crippen molar-refractivity contribution in [3.8, 4) is 28.3 Å². The fourth-order valence-electron chi connectivity index (χ4n) is 3.08. The van der Waals surface area contributed by atoms with Crippen LogP contribution in [0.2, 0.25) is 0 Å². The summed E-state index contributed by atoms with van der Waals surface area (Å²) in [5.41, 5.74) is 0.536. The van der Waals surface area contributed by atoms with Crippen molar-refractivity contribution >= 4 is 16.6 Å². The first-order valence-electron chi connectivity index (χ1n) is 8.49. The van der Waals surface area contributed by atoms with Crippen molar-refractivity contribution in [3.63, 3.8) is 0 Å². The van der Waals surface area contributed by atoms with Gasteiger partial charge in [-0.05, 0) is 0 Å². The van der Waals surface area contributed by atoms with E-state index in [1.807, 2.05) is 0 Å². The van der Waals surface area contributed by atoms with Gasteiger partial charge in [0.05, 0.1) is 23.2 Å². The molecule has 8 nitrogen and oxygen atoms in total. The maximum Gasteiger partial charge on any atom is 0.504 e. The minimum Gasteiger partial charge on any atom is -0.490 e. The normalized spacial score (nSPS) is 11.6. The zero-order valence-electron chi connectivity index (χ0n) is 15.3. The van der Waals surface area contributed by atoms with Gasteiger partial charge in [-0.2, -0.15) is 9.78 Å². The van der Waals surface area contributed by atoms with Crippen LogP contribution in [0, 0.1) is 10.1 Å². The molecule has 0 aliphatic carbocycles. The Kier molecular flexibility index (Phi) is 4.57. The smallest absolute Gasteiger partial charge is 0.490 e. The third-order valence-corrected chi connectivity index (χ3v) is 4.41. The molecule has 30 heavy (non-hydrogen) atoms. The second-order valence-corrected chi connectivity index (χ2v) is 6.19. The van der Waals surface area contributed by atoms with Gasteiger partial charge in [0.2, 0.25) is 0 Å². The standard InChI is InChI=1S/C19H12F3N5O3/c1-30-16-8-14-12(7-15(16)27(28)29)18(24-10-23-14)13-9-26(19(20,21)22)25-17(13)11-5-3-2-4-6-11/h2-10H,1H3. The van der Waals surface area contributed by atoms with E-state index in [0.29, 0.717) is 5.56 Å². The van der Waals surface area contributed by atoms with Crippen LogP contribution >= 0.6 is 0 Å². The van der Waals surface area contributed by atoms with Crippen LogP contribution in [-0.2, 0) is 6.30 Å². The van der Waals surface area contributed by atoms with E-state index in [2.05, 4.69) is 15.1 Å². The van der Waals surface area contributed by atoms with Crippen LogP contribution in [-0.4, -0.2) is 31.8 Å². The van der Waals surface area contributed by atoms with Crippen molar-refractivity contribution in [1.29, 1.82) is 0 Å². The number of rotatable bonds is 4. The average molecular weight is 415 g/mol. The molecule has 152 valence electrons. The van der Waals surface area contributed by atoms with Crippen LogP contribution in [0.4, 0.5) is 18.9 Å². The molecule has 0 atom stereocenters. The van der Waals surface area contributed by atoms with E-state index in [0.717, 1.165) is 6.20 Å². The van der Waals surface area contributed by atoms with Gasteiger partial charge in [-0.1, -0.05) is 30.3 Å². The van der Waals surface area contributed by atoms with Gasteiger partial charge < -0.3 is 4.74 Å². The Bertz CT molecular complexity index is 1260. The molecule has 11 heteroatoms. The number of methoxy groups -OCH3 is 1. The summed E-state index contributed by atoms with van der Waals surface area (Å²) in [7, 11) is 1.27. The molecule has 4 rings (SSSR count). The highest BCUT2D eigenvalue weighted by Gasteiger charge is 2.34. The fourth-order valence-corrected chi connectivity index (χ4v) is 3.08. The molecule has 2 heterocycles. The summed E-state index contributed by atoms with van der Waals surface area (Å²) < 4.78 is 45.0. The first-order chi connectivity index (χ1) is 14.3. The maximum atomic E-state index is 13.4. The molecule has 0 saturated heterocycles. The van der Waals surface area contributed by atoms with Crippen LogP contribution in [0.25, 0.3) is 33.4 Å². The molecule has 2 aromatic heterocycles. The molecule has 4 aromatic rings. The van der Waals surface area contributed by atoms with Crippen molar-refractivity contribution in [2.75, 3.05) is 7.11 Å². The Labute approximate surface area is 166 Å². The summed E-state index contributed by atoms with van der Waals surface area (Å²) in [5, 5.41) is 15.3. The number of fused-ring (bicyclic) bond motifs is 1. The number of alkyl halides is 3. The van der Waals surface area contributed by atoms with Gasteiger partial charge in [0.15, 0.2) is 5.75 Å². The van der Waals surface area contributed by atoms with E-state index >= 15 is 0 Å². The Morgan fingerprint density at radius 1 is 1.10 bits per heavy atom. The van der Waals surface area contributed by atoms with Gasteiger partial charge in [0.1, 0.15) is 12.0 Å². The van der Waals surface area contributed by atoms with Crippen LogP contribution in [0.1, 0.15) is 0 Å². The second kappa shape index (κ2) is 7.10. The zero-order chi connectivity index (χ0) is 21.5. The van der Waals surface area contributed by atoms with Crippen LogP contribution in [0.5, 0.6) is 5.75 Å². The van der Waals surface area contributed by atoms with E-state index in [1.165, 1.54) is 25.6 Å². The summed E-state index contributed by atoms with van der Waals surface area (Å²) in [6.45, 7) is 0. The predicted molar refractivity (Wildman–Crippen MR) is 101 cm³/mol. The maximum absolute atomic E-state index is 13.4. The Hall–Kier alpha value is -4.02. The average Bonchev–Trinajstić information content (AvgIpc) is 3.18. The molecule has 0 amide bonds. The van der Waals surface area contributed by atoms with Gasteiger partial charge in [0, 0.05) is 34.8 Å². The van der Waals surface area contributed by atoms with E-state index in [-0.39, 0.29) is 44.0 Å². The first kappa shape index (κ1) is 19.3. The molecule has 0 spiro atoms. The number of benzene rings is 2. The number of halogens is 3. The van der Waals surface area contributed by atoms with Crippen LogP contribution in [0.15, 0.2) is 55.0 Å². The van der Waals surface area contributed by atoms with E-state index in [9.17, 15) is 23.3 Å². The minimum atomic E-state index is -4.75. The van der Waals surface area contributed by atoms with Gasteiger partial charge in [-0.3, -0.25) is 10.1 Å².